The number of nitrogens with one attached hydrogen (secondary N) is 2. The first-order valence-corrected chi connectivity index (χ1v) is 6.59. The average molecular weight is 285 g/mol. The summed E-state index contributed by atoms with van der Waals surface area (Å²) in [6.07, 6.45) is -0.483. The monoisotopic (exact) mass is 285 g/mol. The molecule has 0 radical (unpaired) electrons. The lowest BCUT2D eigenvalue weighted by Gasteiger charge is -2.23. The summed E-state index contributed by atoms with van der Waals surface area (Å²) >= 11 is 0. The molecule has 0 saturated carbocycles. The van der Waals surface area contributed by atoms with Crippen molar-refractivity contribution in [3.8, 4) is 5.75 Å². The van der Waals surface area contributed by atoms with Crippen LogP contribution in [0.15, 0.2) is 18.2 Å². The lowest BCUT2D eigenvalue weighted by molar-refractivity contribution is -0.122. The molecule has 1 aromatic heterocycles. The van der Waals surface area contributed by atoms with E-state index in [1.165, 1.54) is 0 Å². The molecule has 1 aromatic carbocycles. The molecule has 3 rings (SSSR count). The van der Waals surface area contributed by atoms with E-state index in [1.54, 1.807) is 19.1 Å². The maximum absolute atomic E-state index is 11.6. The zero-order valence-corrected chi connectivity index (χ0v) is 12.0. The molecule has 1 amide bonds. The Bertz CT molecular complexity index is 717. The van der Waals surface area contributed by atoms with Gasteiger partial charge in [-0.25, -0.2) is 4.98 Å². The molecule has 0 spiro atoms. The number of fused-ring (bicyclic) bond motifs is 1. The van der Waals surface area contributed by atoms with Crippen molar-refractivity contribution in [3.63, 3.8) is 0 Å². The van der Waals surface area contributed by atoms with Gasteiger partial charge in [-0.2, -0.15) is 5.10 Å². The molecule has 21 heavy (non-hydrogen) atoms. The minimum absolute atomic E-state index is 0.163. The van der Waals surface area contributed by atoms with Crippen LogP contribution < -0.4 is 15.4 Å². The van der Waals surface area contributed by atoms with Crippen molar-refractivity contribution in [1.29, 1.82) is 0 Å². The number of carbonyl (C=O) groups excluding carboxylic acids is 1. The number of benzene rings is 1. The molecule has 0 bridgehead atoms. The van der Waals surface area contributed by atoms with E-state index in [0.717, 1.165) is 17.1 Å². The number of rotatable bonds is 2. The first-order valence-electron chi connectivity index (χ1n) is 6.59. The highest BCUT2D eigenvalue weighted by Crippen LogP contribution is 2.32. The Morgan fingerprint density at radius 2 is 2.05 bits per heavy atom. The van der Waals surface area contributed by atoms with Crippen LogP contribution in [0, 0.1) is 13.8 Å². The van der Waals surface area contributed by atoms with Gasteiger partial charge in [0.2, 0.25) is 5.95 Å². The number of amides is 1. The van der Waals surface area contributed by atoms with E-state index >= 15 is 0 Å². The van der Waals surface area contributed by atoms with Gasteiger partial charge < -0.3 is 15.4 Å². The van der Waals surface area contributed by atoms with E-state index in [0.29, 0.717) is 17.4 Å². The van der Waals surface area contributed by atoms with Crippen LogP contribution in [0.3, 0.4) is 0 Å². The van der Waals surface area contributed by atoms with E-state index in [1.807, 2.05) is 19.9 Å². The molecule has 1 aliphatic rings. The third-order valence-corrected chi connectivity index (χ3v) is 3.26. The fraction of sp³-hybridized carbons (Fsp3) is 0.286. The van der Waals surface area contributed by atoms with Crippen LogP contribution in [0.25, 0.3) is 0 Å². The van der Waals surface area contributed by atoms with Gasteiger partial charge in [0, 0.05) is 5.69 Å². The van der Waals surface area contributed by atoms with Crippen molar-refractivity contribution in [2.75, 3.05) is 10.6 Å². The first-order chi connectivity index (χ1) is 10.0. The molecule has 2 heterocycles. The Labute approximate surface area is 121 Å². The normalized spacial score (nSPS) is 16.7. The second-order valence-electron chi connectivity index (χ2n) is 4.89. The molecule has 2 N–H and O–H groups in total. The molecule has 7 heteroatoms. The molecule has 0 saturated heterocycles. The predicted molar refractivity (Wildman–Crippen MR) is 77.7 cm³/mol. The lowest BCUT2D eigenvalue weighted by atomic mass is 10.2. The van der Waals surface area contributed by atoms with Gasteiger partial charge in [0.1, 0.15) is 5.75 Å². The number of aryl methyl sites for hydroxylation is 2. The van der Waals surface area contributed by atoms with Crippen LogP contribution in [0.4, 0.5) is 17.3 Å². The summed E-state index contributed by atoms with van der Waals surface area (Å²) in [6, 6.07) is 5.40. The number of hydrogen-bond donors (Lipinski definition) is 2. The summed E-state index contributed by atoms with van der Waals surface area (Å²) < 4.78 is 5.50. The average Bonchev–Trinajstić information content (AvgIpc) is 2.44. The molecule has 0 aliphatic carbocycles. The second-order valence-corrected chi connectivity index (χ2v) is 4.89. The fourth-order valence-electron chi connectivity index (χ4n) is 1.93. The Morgan fingerprint density at radius 1 is 1.24 bits per heavy atom. The Kier molecular flexibility index (Phi) is 3.17. The highest BCUT2D eigenvalue weighted by atomic mass is 16.5. The molecule has 108 valence electrons. The quantitative estimate of drug-likeness (QED) is 0.876. The van der Waals surface area contributed by atoms with Crippen molar-refractivity contribution >= 4 is 23.2 Å². The molecule has 2 aromatic rings. The van der Waals surface area contributed by atoms with Crippen LogP contribution in [0.1, 0.15) is 18.3 Å². The zero-order chi connectivity index (χ0) is 15.0. The van der Waals surface area contributed by atoms with E-state index in [9.17, 15) is 4.79 Å². The van der Waals surface area contributed by atoms with Gasteiger partial charge in [-0.05, 0) is 39.0 Å². The maximum atomic E-state index is 11.6. The third-order valence-electron chi connectivity index (χ3n) is 3.26. The number of aromatic nitrogens is 3. The highest BCUT2D eigenvalue weighted by Gasteiger charge is 2.23. The SMILES string of the molecule is Cc1nnc(Nc2ccc3c(c2)NC(=O)C(C)O3)nc1C. The molecular formula is C14H15N5O2. The van der Waals surface area contributed by atoms with Crippen LogP contribution >= 0.6 is 0 Å². The number of ether oxygens (including phenoxy) is 1. The molecule has 1 unspecified atom stereocenters. The highest BCUT2D eigenvalue weighted by molar-refractivity contribution is 5.98. The van der Waals surface area contributed by atoms with Crippen LogP contribution in [-0.2, 0) is 4.79 Å². The third kappa shape index (κ3) is 2.62. The van der Waals surface area contributed by atoms with Crippen LogP contribution in [0.5, 0.6) is 5.75 Å². The minimum atomic E-state index is -0.483. The lowest BCUT2D eigenvalue weighted by Crippen LogP contribution is -2.34. The molecule has 1 atom stereocenters. The van der Waals surface area contributed by atoms with Crippen molar-refractivity contribution in [2.24, 2.45) is 0 Å². The van der Waals surface area contributed by atoms with Gasteiger partial charge in [-0.15, -0.1) is 5.10 Å². The summed E-state index contributed by atoms with van der Waals surface area (Å²) in [5.74, 6) is 0.894. The van der Waals surface area contributed by atoms with Crippen molar-refractivity contribution in [3.05, 3.63) is 29.6 Å². The smallest absolute Gasteiger partial charge is 0.265 e. The van der Waals surface area contributed by atoms with Gasteiger partial charge in [0.25, 0.3) is 5.91 Å². The Hall–Kier alpha value is -2.70. The molecule has 7 nitrogen and oxygen atoms in total. The van der Waals surface area contributed by atoms with Crippen molar-refractivity contribution in [2.45, 2.75) is 26.9 Å². The number of hydrogen-bond acceptors (Lipinski definition) is 6. The van der Waals surface area contributed by atoms with E-state index in [2.05, 4.69) is 25.8 Å². The van der Waals surface area contributed by atoms with Crippen LogP contribution in [-0.4, -0.2) is 27.2 Å². The topological polar surface area (TPSA) is 89.0 Å². The summed E-state index contributed by atoms with van der Waals surface area (Å²) in [5.41, 5.74) is 2.98. The Morgan fingerprint density at radius 3 is 2.81 bits per heavy atom. The molecule has 1 aliphatic heterocycles. The molecule has 0 fully saturated rings. The minimum Gasteiger partial charge on any atom is -0.479 e. The van der Waals surface area contributed by atoms with E-state index < -0.39 is 6.10 Å². The van der Waals surface area contributed by atoms with Crippen LogP contribution in [0.2, 0.25) is 0 Å². The van der Waals surface area contributed by atoms with E-state index in [4.69, 9.17) is 4.74 Å². The van der Waals surface area contributed by atoms with Gasteiger partial charge >= 0.3 is 0 Å². The van der Waals surface area contributed by atoms with E-state index in [-0.39, 0.29) is 5.91 Å². The van der Waals surface area contributed by atoms with Gasteiger partial charge in [0.05, 0.1) is 17.1 Å². The van der Waals surface area contributed by atoms with Gasteiger partial charge in [0.15, 0.2) is 6.10 Å². The number of nitrogens with zero attached hydrogens (tertiary/aromatic N) is 3. The van der Waals surface area contributed by atoms with Crippen molar-refractivity contribution < 1.29 is 9.53 Å². The first kappa shape index (κ1) is 13.3. The summed E-state index contributed by atoms with van der Waals surface area (Å²) in [5, 5.41) is 13.8. The number of carbonyl (C=O) groups is 1. The Balaban J connectivity index is 1.85. The number of anilines is 3. The predicted octanol–water partition coefficient (Wildman–Crippen LogP) is 1.95. The van der Waals surface area contributed by atoms with Gasteiger partial charge in [-0.1, -0.05) is 0 Å². The summed E-state index contributed by atoms with van der Waals surface area (Å²) in [4.78, 5) is 15.9. The van der Waals surface area contributed by atoms with Crippen molar-refractivity contribution in [1.82, 2.24) is 15.2 Å². The fourth-order valence-corrected chi connectivity index (χ4v) is 1.93. The summed E-state index contributed by atoms with van der Waals surface area (Å²) in [7, 11) is 0. The zero-order valence-electron chi connectivity index (χ0n) is 12.0. The standard InChI is InChI=1S/C14H15N5O2/c1-7-8(2)18-19-14(15-7)16-10-4-5-12-11(6-10)17-13(20)9(3)21-12/h4-6,9H,1-3H3,(H,17,20)(H,15,16,19). The molecular weight excluding hydrogens is 270 g/mol. The second kappa shape index (κ2) is 5.01. The maximum Gasteiger partial charge on any atom is 0.265 e. The van der Waals surface area contributed by atoms with Gasteiger partial charge in [-0.3, -0.25) is 4.79 Å². The largest absolute Gasteiger partial charge is 0.479 e. The summed E-state index contributed by atoms with van der Waals surface area (Å²) in [6.45, 7) is 5.43.